The molecule has 148 valence electrons. The first kappa shape index (κ1) is 19.5. The summed E-state index contributed by atoms with van der Waals surface area (Å²) in [5, 5.41) is 7.08. The lowest BCUT2D eigenvalue weighted by atomic mass is 10.1. The number of nitrogen functional groups attached to an aromatic ring is 1. The van der Waals surface area contributed by atoms with Crippen LogP contribution in [0.1, 0.15) is 25.0 Å². The molecule has 0 aliphatic heterocycles. The molecule has 1 amide bonds. The molecule has 0 atom stereocenters. The van der Waals surface area contributed by atoms with Crippen LogP contribution in [0.15, 0.2) is 47.0 Å². The third-order valence-corrected chi connectivity index (χ3v) is 4.12. The monoisotopic (exact) mass is 393 g/mol. The first-order valence-electron chi connectivity index (χ1n) is 8.34. The maximum atomic E-state index is 12.6. The van der Waals surface area contributed by atoms with Gasteiger partial charge in [-0.1, -0.05) is 11.2 Å². The minimum Gasteiger partial charge on any atom is -0.478 e. The van der Waals surface area contributed by atoms with Gasteiger partial charge in [0, 0.05) is 6.54 Å². The van der Waals surface area contributed by atoms with Gasteiger partial charge in [-0.2, -0.15) is 13.2 Å². The van der Waals surface area contributed by atoms with Crippen LogP contribution in [0.4, 0.5) is 19.0 Å². The van der Waals surface area contributed by atoms with Crippen LogP contribution < -0.4 is 15.8 Å². The Balaban J connectivity index is 1.63. The third-order valence-electron chi connectivity index (χ3n) is 4.12. The Morgan fingerprint density at radius 3 is 2.50 bits per heavy atom. The van der Waals surface area contributed by atoms with Gasteiger partial charge >= 0.3 is 6.18 Å². The number of anilines is 1. The van der Waals surface area contributed by atoms with Crippen molar-refractivity contribution in [3.05, 3.63) is 53.6 Å². The highest BCUT2D eigenvalue weighted by atomic mass is 19.4. The lowest BCUT2D eigenvalue weighted by molar-refractivity contribution is -0.138. The fraction of sp³-hybridized carbons (Fsp3) is 0.263. The SMILES string of the molecule is CC(C)(Oc1ccc(C(F)(F)F)cc1)C(=O)NCc1ccc2c(N)noc2c1. The lowest BCUT2D eigenvalue weighted by Gasteiger charge is -2.25. The molecule has 0 saturated carbocycles. The van der Waals surface area contributed by atoms with E-state index >= 15 is 0 Å². The molecule has 1 aromatic heterocycles. The summed E-state index contributed by atoms with van der Waals surface area (Å²) in [6.45, 7) is 3.26. The number of carbonyl (C=O) groups excluding carboxylic acids is 1. The van der Waals surface area contributed by atoms with Gasteiger partial charge in [-0.3, -0.25) is 4.79 Å². The maximum absolute atomic E-state index is 12.6. The highest BCUT2D eigenvalue weighted by Crippen LogP contribution is 2.31. The molecule has 2 aromatic carbocycles. The first-order chi connectivity index (χ1) is 13.1. The van der Waals surface area contributed by atoms with Crippen molar-refractivity contribution in [2.45, 2.75) is 32.2 Å². The Morgan fingerprint density at radius 1 is 1.18 bits per heavy atom. The van der Waals surface area contributed by atoms with Crippen molar-refractivity contribution in [3.63, 3.8) is 0 Å². The quantitative estimate of drug-likeness (QED) is 0.686. The van der Waals surface area contributed by atoms with Crippen molar-refractivity contribution in [2.24, 2.45) is 0 Å². The molecular formula is C19H18F3N3O3. The highest BCUT2D eigenvalue weighted by Gasteiger charge is 2.32. The molecule has 0 saturated heterocycles. The van der Waals surface area contributed by atoms with Crippen LogP contribution >= 0.6 is 0 Å². The van der Waals surface area contributed by atoms with Crippen LogP contribution in [0.25, 0.3) is 11.0 Å². The number of alkyl halides is 3. The summed E-state index contributed by atoms with van der Waals surface area (Å²) >= 11 is 0. The molecule has 28 heavy (non-hydrogen) atoms. The number of benzene rings is 2. The van der Waals surface area contributed by atoms with E-state index in [4.69, 9.17) is 15.0 Å². The summed E-state index contributed by atoms with van der Waals surface area (Å²) < 4.78 is 48.5. The zero-order valence-corrected chi connectivity index (χ0v) is 15.1. The molecule has 6 nitrogen and oxygen atoms in total. The molecule has 0 bridgehead atoms. The Bertz CT molecular complexity index is 995. The Morgan fingerprint density at radius 2 is 1.86 bits per heavy atom. The summed E-state index contributed by atoms with van der Waals surface area (Å²) in [5.74, 6) is 0.0212. The van der Waals surface area contributed by atoms with Crippen molar-refractivity contribution in [3.8, 4) is 5.75 Å². The summed E-state index contributed by atoms with van der Waals surface area (Å²) in [6.07, 6.45) is -4.43. The van der Waals surface area contributed by atoms with Gasteiger partial charge in [0.1, 0.15) is 5.75 Å². The van der Waals surface area contributed by atoms with E-state index in [1.807, 2.05) is 0 Å². The molecule has 3 rings (SSSR count). The van der Waals surface area contributed by atoms with E-state index in [0.717, 1.165) is 17.7 Å². The topological polar surface area (TPSA) is 90.4 Å². The number of fused-ring (bicyclic) bond motifs is 1. The number of hydrogen-bond donors (Lipinski definition) is 2. The van der Waals surface area contributed by atoms with Gasteiger partial charge in [-0.05, 0) is 55.8 Å². The van der Waals surface area contributed by atoms with Crippen molar-refractivity contribution >= 4 is 22.7 Å². The Hall–Kier alpha value is -3.23. The van der Waals surface area contributed by atoms with E-state index in [2.05, 4.69) is 10.5 Å². The molecule has 0 aliphatic carbocycles. The minimum absolute atomic E-state index is 0.159. The van der Waals surface area contributed by atoms with Gasteiger partial charge in [0.2, 0.25) is 0 Å². The number of amides is 1. The predicted octanol–water partition coefficient (Wildman–Crippen LogP) is 3.90. The molecule has 0 spiro atoms. The van der Waals surface area contributed by atoms with E-state index < -0.39 is 23.2 Å². The smallest absolute Gasteiger partial charge is 0.416 e. The standard InChI is InChI=1S/C19H18F3N3O3/c1-18(2,27-13-6-4-12(5-7-13)19(20,21)22)17(26)24-10-11-3-8-14-15(9-11)28-25-16(14)23/h3-9H,10H2,1-2H3,(H2,23,25)(H,24,26). The van der Waals surface area contributed by atoms with E-state index in [-0.39, 0.29) is 18.1 Å². The molecule has 9 heteroatoms. The van der Waals surface area contributed by atoms with Crippen LogP contribution in [0.3, 0.4) is 0 Å². The molecule has 3 aromatic rings. The zero-order valence-electron chi connectivity index (χ0n) is 15.1. The van der Waals surface area contributed by atoms with Gasteiger partial charge in [0.15, 0.2) is 17.0 Å². The number of aromatic nitrogens is 1. The summed E-state index contributed by atoms with van der Waals surface area (Å²) in [4.78, 5) is 12.5. The van der Waals surface area contributed by atoms with Crippen LogP contribution in [-0.4, -0.2) is 16.7 Å². The third kappa shape index (κ3) is 4.19. The lowest BCUT2D eigenvalue weighted by Crippen LogP contribution is -2.46. The van der Waals surface area contributed by atoms with Crippen molar-refractivity contribution in [1.29, 1.82) is 0 Å². The number of halogens is 3. The minimum atomic E-state index is -4.43. The second kappa shape index (κ2) is 7.06. The number of ether oxygens (including phenoxy) is 1. The van der Waals surface area contributed by atoms with E-state index in [1.54, 1.807) is 18.2 Å². The summed E-state index contributed by atoms with van der Waals surface area (Å²) in [7, 11) is 0. The normalized spacial score (nSPS) is 12.2. The Kier molecular flexibility index (Phi) is 4.93. The number of nitrogens with zero attached hydrogens (tertiary/aromatic N) is 1. The van der Waals surface area contributed by atoms with Gasteiger partial charge in [-0.15, -0.1) is 0 Å². The summed E-state index contributed by atoms with van der Waals surface area (Å²) in [5.41, 5.74) is 4.85. The molecular weight excluding hydrogens is 375 g/mol. The zero-order chi connectivity index (χ0) is 20.5. The van der Waals surface area contributed by atoms with Crippen molar-refractivity contribution in [1.82, 2.24) is 10.5 Å². The van der Waals surface area contributed by atoms with Crippen molar-refractivity contribution < 1.29 is 27.2 Å². The largest absolute Gasteiger partial charge is 0.478 e. The van der Waals surface area contributed by atoms with Crippen LogP contribution in [0, 0.1) is 0 Å². The van der Waals surface area contributed by atoms with Crippen LogP contribution in [0.2, 0.25) is 0 Å². The van der Waals surface area contributed by atoms with Crippen molar-refractivity contribution in [2.75, 3.05) is 5.73 Å². The number of hydrogen-bond acceptors (Lipinski definition) is 5. The highest BCUT2D eigenvalue weighted by molar-refractivity contribution is 5.87. The number of nitrogens with two attached hydrogens (primary N) is 1. The average Bonchev–Trinajstić information content (AvgIpc) is 2.99. The number of nitrogens with one attached hydrogen (secondary N) is 1. The van der Waals surface area contributed by atoms with Gasteiger partial charge in [-0.25, -0.2) is 0 Å². The molecule has 0 unspecified atom stereocenters. The van der Waals surface area contributed by atoms with Gasteiger partial charge in [0.25, 0.3) is 5.91 Å². The van der Waals surface area contributed by atoms with E-state index in [0.29, 0.717) is 11.0 Å². The molecule has 3 N–H and O–H groups in total. The van der Waals surface area contributed by atoms with Crippen LogP contribution in [0.5, 0.6) is 5.75 Å². The van der Waals surface area contributed by atoms with Gasteiger partial charge < -0.3 is 20.3 Å². The van der Waals surface area contributed by atoms with E-state index in [1.165, 1.54) is 26.0 Å². The fourth-order valence-corrected chi connectivity index (χ4v) is 2.56. The fourth-order valence-electron chi connectivity index (χ4n) is 2.56. The molecule has 0 fully saturated rings. The van der Waals surface area contributed by atoms with Gasteiger partial charge in [0.05, 0.1) is 10.9 Å². The maximum Gasteiger partial charge on any atom is 0.416 e. The first-order valence-corrected chi connectivity index (χ1v) is 8.34. The number of carbonyl (C=O) groups is 1. The van der Waals surface area contributed by atoms with Crippen LogP contribution in [-0.2, 0) is 17.5 Å². The average molecular weight is 393 g/mol. The predicted molar refractivity (Wildman–Crippen MR) is 96.4 cm³/mol. The molecule has 0 radical (unpaired) electrons. The van der Waals surface area contributed by atoms with E-state index in [9.17, 15) is 18.0 Å². The number of rotatable bonds is 5. The molecule has 0 aliphatic rings. The second-order valence-corrected chi connectivity index (χ2v) is 6.72. The summed E-state index contributed by atoms with van der Waals surface area (Å²) in [6, 6.07) is 9.40. The Labute approximate surface area is 158 Å². The second-order valence-electron chi connectivity index (χ2n) is 6.72. The molecule has 1 heterocycles.